The van der Waals surface area contributed by atoms with Gasteiger partial charge in [0.25, 0.3) is 17.7 Å². The van der Waals surface area contributed by atoms with Crippen molar-refractivity contribution in [3.63, 3.8) is 0 Å². The first-order chi connectivity index (χ1) is 12.4. The van der Waals surface area contributed by atoms with Crippen LogP contribution in [0.2, 0.25) is 0 Å². The lowest BCUT2D eigenvalue weighted by Gasteiger charge is -2.14. The van der Waals surface area contributed by atoms with Gasteiger partial charge in [0.15, 0.2) is 11.5 Å². The quantitative estimate of drug-likeness (QED) is 0.357. The number of furan rings is 1. The second-order valence-electron chi connectivity index (χ2n) is 5.27. The van der Waals surface area contributed by atoms with Crippen LogP contribution in [0.15, 0.2) is 40.8 Å². The monoisotopic (exact) mass is 355 g/mol. The fraction of sp³-hybridized carbons (Fsp3) is 0.167. The van der Waals surface area contributed by atoms with Crippen molar-refractivity contribution in [1.29, 1.82) is 0 Å². The summed E-state index contributed by atoms with van der Waals surface area (Å²) in [4.78, 5) is 34.5. The number of amides is 3. The molecule has 0 spiro atoms. The van der Waals surface area contributed by atoms with Gasteiger partial charge in [0.2, 0.25) is 0 Å². The topological polar surface area (TPSA) is 135 Å². The summed E-state index contributed by atoms with van der Waals surface area (Å²) in [6.45, 7) is 1.71. The van der Waals surface area contributed by atoms with Crippen LogP contribution < -0.4 is 16.5 Å². The number of benzene rings is 1. The highest BCUT2D eigenvalue weighted by atomic mass is 16.5. The lowest BCUT2D eigenvalue weighted by molar-refractivity contribution is -0.131. The molecule has 8 nitrogen and oxygen atoms in total. The number of hydroxylamine groups is 1. The Morgan fingerprint density at radius 3 is 2.38 bits per heavy atom. The fourth-order valence-electron chi connectivity index (χ4n) is 2.05. The Balaban J connectivity index is 2.06. The third kappa shape index (κ3) is 4.72. The van der Waals surface area contributed by atoms with Crippen LogP contribution in [-0.4, -0.2) is 29.0 Å². The molecule has 0 aliphatic rings. The van der Waals surface area contributed by atoms with Gasteiger partial charge in [0.1, 0.15) is 6.04 Å². The molecule has 2 aromatic rings. The zero-order chi connectivity index (χ0) is 19.1. The molecule has 1 aromatic heterocycles. The Bertz CT molecular complexity index is 874. The molecule has 0 unspecified atom stereocenters. The average molecular weight is 355 g/mol. The van der Waals surface area contributed by atoms with E-state index in [4.69, 9.17) is 15.4 Å². The van der Waals surface area contributed by atoms with E-state index < -0.39 is 23.8 Å². The largest absolute Gasteiger partial charge is 0.443 e. The molecule has 1 aromatic carbocycles. The van der Waals surface area contributed by atoms with E-state index in [0.717, 1.165) is 0 Å². The van der Waals surface area contributed by atoms with Gasteiger partial charge in [-0.2, -0.15) is 0 Å². The van der Waals surface area contributed by atoms with Gasteiger partial charge < -0.3 is 15.5 Å². The van der Waals surface area contributed by atoms with E-state index in [1.54, 1.807) is 31.2 Å². The maximum Gasteiger partial charge on any atom is 0.284 e. The maximum atomic E-state index is 12.1. The van der Waals surface area contributed by atoms with Crippen LogP contribution in [0.25, 0.3) is 0 Å². The summed E-state index contributed by atoms with van der Waals surface area (Å²) in [6, 6.07) is 8.52. The molecule has 1 heterocycles. The number of carbonyl (C=O) groups excluding carboxylic acids is 3. The van der Waals surface area contributed by atoms with Crippen molar-refractivity contribution < 1.29 is 24.0 Å². The maximum absolute atomic E-state index is 12.1. The van der Waals surface area contributed by atoms with Gasteiger partial charge in [-0.3, -0.25) is 19.6 Å². The predicted molar refractivity (Wildman–Crippen MR) is 91.1 cm³/mol. The van der Waals surface area contributed by atoms with Crippen LogP contribution in [0, 0.1) is 11.8 Å². The molecule has 0 radical (unpaired) electrons. The molecule has 0 saturated carbocycles. The van der Waals surface area contributed by atoms with Crippen molar-refractivity contribution in [2.24, 2.45) is 5.73 Å². The van der Waals surface area contributed by atoms with E-state index in [0.29, 0.717) is 23.3 Å². The van der Waals surface area contributed by atoms with Crippen LogP contribution in [0.4, 0.5) is 0 Å². The van der Waals surface area contributed by atoms with E-state index in [-0.39, 0.29) is 5.76 Å². The second kappa shape index (κ2) is 8.50. The molecule has 1 atom stereocenters. The molecule has 26 heavy (non-hydrogen) atoms. The van der Waals surface area contributed by atoms with Gasteiger partial charge >= 0.3 is 0 Å². The molecule has 134 valence electrons. The van der Waals surface area contributed by atoms with Gasteiger partial charge in [-0.05, 0) is 48.7 Å². The molecule has 0 fully saturated rings. The van der Waals surface area contributed by atoms with Gasteiger partial charge in [-0.15, -0.1) is 0 Å². The van der Waals surface area contributed by atoms with E-state index >= 15 is 0 Å². The van der Waals surface area contributed by atoms with Crippen LogP contribution in [0.1, 0.15) is 45.6 Å². The summed E-state index contributed by atoms with van der Waals surface area (Å²) in [5.41, 5.74) is 7.57. The van der Waals surface area contributed by atoms with Gasteiger partial charge in [0.05, 0.1) is 0 Å². The van der Waals surface area contributed by atoms with Crippen LogP contribution in [0.5, 0.6) is 0 Å². The van der Waals surface area contributed by atoms with E-state index in [1.807, 2.05) is 0 Å². The van der Waals surface area contributed by atoms with Crippen molar-refractivity contribution in [3.8, 4) is 11.8 Å². The minimum atomic E-state index is -0.828. The highest BCUT2D eigenvalue weighted by molar-refractivity contribution is 5.97. The van der Waals surface area contributed by atoms with Gasteiger partial charge in [0, 0.05) is 11.1 Å². The molecular formula is C18H17N3O5. The van der Waals surface area contributed by atoms with E-state index in [2.05, 4.69) is 17.2 Å². The Hall–Kier alpha value is -3.57. The number of nitrogens with one attached hydrogen (secondary N) is 2. The molecule has 0 aliphatic carbocycles. The standard InChI is InChI=1S/C18H17N3O5/c1-2-14(18(24)21-25)20-17(23)12-6-3-11(4-7-12)5-8-13-9-10-15(26-13)16(19)22/h3-4,6-7,9-10,14,25H,2H2,1H3,(H2,19,22)(H,20,23)(H,21,24)/t14-/m0/s1. The molecule has 2 rings (SSSR count). The molecule has 0 saturated heterocycles. The first-order valence-corrected chi connectivity index (χ1v) is 7.71. The van der Waals surface area contributed by atoms with E-state index in [1.165, 1.54) is 17.6 Å². The van der Waals surface area contributed by atoms with Crippen LogP contribution in [-0.2, 0) is 4.79 Å². The zero-order valence-corrected chi connectivity index (χ0v) is 13.9. The van der Waals surface area contributed by atoms with Gasteiger partial charge in [-0.1, -0.05) is 12.8 Å². The Morgan fingerprint density at radius 2 is 1.85 bits per heavy atom. The molecule has 3 amide bonds. The number of carbonyl (C=O) groups is 3. The lowest BCUT2D eigenvalue weighted by Crippen LogP contribution is -2.45. The van der Waals surface area contributed by atoms with Crippen LogP contribution >= 0.6 is 0 Å². The molecule has 0 aliphatic heterocycles. The highest BCUT2D eigenvalue weighted by Crippen LogP contribution is 2.07. The summed E-state index contributed by atoms with van der Waals surface area (Å²) in [5.74, 6) is 4.09. The number of primary amides is 1. The Kier molecular flexibility index (Phi) is 6.14. The third-order valence-corrected chi connectivity index (χ3v) is 3.47. The Labute approximate surface area is 149 Å². The summed E-state index contributed by atoms with van der Waals surface area (Å²) >= 11 is 0. The molecule has 5 N–H and O–H groups in total. The van der Waals surface area contributed by atoms with Crippen molar-refractivity contribution in [3.05, 3.63) is 59.0 Å². The predicted octanol–water partition coefficient (Wildman–Crippen LogP) is 0.792. The van der Waals surface area contributed by atoms with Crippen LogP contribution in [0.3, 0.4) is 0 Å². The minimum Gasteiger partial charge on any atom is -0.443 e. The first kappa shape index (κ1) is 18.8. The molecular weight excluding hydrogens is 338 g/mol. The number of nitrogens with two attached hydrogens (primary N) is 1. The average Bonchev–Trinajstić information content (AvgIpc) is 3.13. The van der Waals surface area contributed by atoms with Crippen molar-refractivity contribution in [2.45, 2.75) is 19.4 Å². The summed E-state index contributed by atoms with van der Waals surface area (Å²) in [7, 11) is 0. The summed E-state index contributed by atoms with van der Waals surface area (Å²) in [5, 5.41) is 11.2. The summed E-state index contributed by atoms with van der Waals surface area (Å²) < 4.78 is 5.15. The number of hydrogen-bond donors (Lipinski definition) is 4. The SMILES string of the molecule is CC[C@H](NC(=O)c1ccc(C#Cc2ccc(C(N)=O)o2)cc1)C(=O)NO. The highest BCUT2D eigenvalue weighted by Gasteiger charge is 2.18. The fourth-order valence-corrected chi connectivity index (χ4v) is 2.05. The van der Waals surface area contributed by atoms with E-state index in [9.17, 15) is 14.4 Å². The van der Waals surface area contributed by atoms with Crippen molar-refractivity contribution in [2.75, 3.05) is 0 Å². The van der Waals surface area contributed by atoms with Gasteiger partial charge in [-0.25, -0.2) is 5.48 Å². The number of rotatable bonds is 5. The van der Waals surface area contributed by atoms with Crippen molar-refractivity contribution >= 4 is 17.7 Å². The molecule has 8 heteroatoms. The third-order valence-electron chi connectivity index (χ3n) is 3.47. The second-order valence-corrected chi connectivity index (χ2v) is 5.27. The lowest BCUT2D eigenvalue weighted by atomic mass is 10.1. The first-order valence-electron chi connectivity index (χ1n) is 7.71. The summed E-state index contributed by atoms with van der Waals surface area (Å²) in [6.07, 6.45) is 0.331. The minimum absolute atomic E-state index is 0.0266. The normalized spacial score (nSPS) is 11.0. The number of hydrogen-bond acceptors (Lipinski definition) is 5. The molecule has 0 bridgehead atoms. The smallest absolute Gasteiger partial charge is 0.284 e. The Morgan fingerprint density at radius 1 is 1.15 bits per heavy atom. The van der Waals surface area contributed by atoms with Crippen molar-refractivity contribution in [1.82, 2.24) is 10.8 Å². The zero-order valence-electron chi connectivity index (χ0n) is 13.9.